The summed E-state index contributed by atoms with van der Waals surface area (Å²) in [5.74, 6) is 1.65. The second-order valence-electron chi connectivity index (χ2n) is 4.84. The van der Waals surface area contributed by atoms with Crippen molar-refractivity contribution in [2.24, 2.45) is 0 Å². The first-order valence-corrected chi connectivity index (χ1v) is 6.59. The smallest absolute Gasteiger partial charge is 0.208 e. The van der Waals surface area contributed by atoms with E-state index in [0.29, 0.717) is 6.04 Å². The molecule has 0 radical (unpaired) electrons. The number of halogens is 2. The molecule has 0 aromatic carbocycles. The van der Waals surface area contributed by atoms with Gasteiger partial charge >= 0.3 is 0 Å². The maximum Gasteiger partial charge on any atom is 0.208 e. The third-order valence-corrected chi connectivity index (χ3v) is 3.43. The second kappa shape index (κ2) is 8.34. The molecule has 1 N–H and O–H groups in total. The Balaban J connectivity index is 0.00000110. The Labute approximate surface area is 137 Å². The van der Waals surface area contributed by atoms with Gasteiger partial charge in [0.25, 0.3) is 0 Å². The number of rotatable bonds is 3. The molecule has 1 saturated heterocycles. The Kier molecular flexibility index (Phi) is 7.11. The van der Waals surface area contributed by atoms with Gasteiger partial charge in [-0.3, -0.25) is 9.88 Å². The van der Waals surface area contributed by atoms with Gasteiger partial charge in [-0.2, -0.15) is 0 Å². The Hall–Kier alpha value is -1.14. The van der Waals surface area contributed by atoms with Crippen LogP contribution in [-0.2, 0) is 6.54 Å². The third kappa shape index (κ3) is 4.41. The van der Waals surface area contributed by atoms with E-state index < -0.39 is 0 Å². The van der Waals surface area contributed by atoms with Crippen molar-refractivity contribution in [2.75, 3.05) is 19.6 Å². The number of aryl methyl sites for hydroxylation is 1. The van der Waals surface area contributed by atoms with Gasteiger partial charge in [-0.05, 0) is 18.6 Å². The monoisotopic (exact) mass is 330 g/mol. The van der Waals surface area contributed by atoms with Crippen molar-refractivity contribution in [3.05, 3.63) is 47.9 Å². The van der Waals surface area contributed by atoms with E-state index in [4.69, 9.17) is 4.42 Å². The fraction of sp³-hybridized carbons (Fsp3) is 0.429. The summed E-state index contributed by atoms with van der Waals surface area (Å²) < 4.78 is 5.58. The fourth-order valence-corrected chi connectivity index (χ4v) is 2.49. The quantitative estimate of drug-likeness (QED) is 0.936. The zero-order valence-electron chi connectivity index (χ0n) is 11.9. The molecule has 1 unspecified atom stereocenters. The van der Waals surface area contributed by atoms with Crippen molar-refractivity contribution < 1.29 is 4.42 Å². The summed E-state index contributed by atoms with van der Waals surface area (Å²) in [6.45, 7) is 5.59. The van der Waals surface area contributed by atoms with Crippen molar-refractivity contribution in [3.63, 3.8) is 0 Å². The average Bonchev–Trinajstić information content (AvgIpc) is 2.86. The standard InChI is InChI=1S/C14H18N4O.2ClH/c1-11-7-17-14(19-11)10-18-6-5-16-9-13(18)12-3-2-4-15-8-12;;/h2-4,7-8,13,16H,5-6,9-10H2,1H3;2*1H. The summed E-state index contributed by atoms with van der Waals surface area (Å²) >= 11 is 0. The minimum atomic E-state index is 0. The molecule has 116 valence electrons. The second-order valence-corrected chi connectivity index (χ2v) is 4.84. The molecule has 0 amide bonds. The van der Waals surface area contributed by atoms with Gasteiger partial charge in [0.1, 0.15) is 5.76 Å². The largest absolute Gasteiger partial charge is 0.445 e. The Morgan fingerprint density at radius 1 is 1.38 bits per heavy atom. The highest BCUT2D eigenvalue weighted by Gasteiger charge is 2.25. The summed E-state index contributed by atoms with van der Waals surface area (Å²) in [7, 11) is 0. The number of nitrogens with one attached hydrogen (secondary N) is 1. The molecular formula is C14H20Cl2N4O. The predicted molar refractivity (Wildman–Crippen MR) is 86.0 cm³/mol. The van der Waals surface area contributed by atoms with Crippen LogP contribution in [0.1, 0.15) is 23.3 Å². The van der Waals surface area contributed by atoms with Crippen LogP contribution in [0.2, 0.25) is 0 Å². The lowest BCUT2D eigenvalue weighted by Gasteiger charge is -2.35. The van der Waals surface area contributed by atoms with Crippen LogP contribution in [0.5, 0.6) is 0 Å². The molecule has 0 aliphatic carbocycles. The van der Waals surface area contributed by atoms with E-state index >= 15 is 0 Å². The normalized spacial score (nSPS) is 18.6. The summed E-state index contributed by atoms with van der Waals surface area (Å²) in [5.41, 5.74) is 1.23. The molecule has 2 aromatic rings. The maximum atomic E-state index is 5.58. The highest BCUT2D eigenvalue weighted by molar-refractivity contribution is 5.85. The van der Waals surface area contributed by atoms with Crippen molar-refractivity contribution in [1.82, 2.24) is 20.2 Å². The number of hydrogen-bond donors (Lipinski definition) is 1. The molecule has 21 heavy (non-hydrogen) atoms. The van der Waals surface area contributed by atoms with E-state index in [1.807, 2.05) is 25.4 Å². The topological polar surface area (TPSA) is 54.2 Å². The summed E-state index contributed by atoms with van der Waals surface area (Å²) in [6.07, 6.45) is 5.52. The van der Waals surface area contributed by atoms with E-state index in [-0.39, 0.29) is 24.8 Å². The Morgan fingerprint density at radius 3 is 2.90 bits per heavy atom. The number of oxazole rings is 1. The predicted octanol–water partition coefficient (Wildman–Crippen LogP) is 2.37. The summed E-state index contributed by atoms with van der Waals surface area (Å²) in [5, 5.41) is 3.43. The first kappa shape index (κ1) is 17.9. The number of pyridine rings is 1. The van der Waals surface area contributed by atoms with E-state index in [9.17, 15) is 0 Å². The number of hydrogen-bond acceptors (Lipinski definition) is 5. The molecule has 0 spiro atoms. The van der Waals surface area contributed by atoms with E-state index in [1.54, 1.807) is 6.20 Å². The molecule has 7 heteroatoms. The van der Waals surface area contributed by atoms with Gasteiger partial charge in [0, 0.05) is 38.1 Å². The zero-order chi connectivity index (χ0) is 13.1. The molecule has 0 bridgehead atoms. The van der Waals surface area contributed by atoms with Crippen LogP contribution in [0.15, 0.2) is 35.1 Å². The van der Waals surface area contributed by atoms with Crippen LogP contribution in [0.4, 0.5) is 0 Å². The van der Waals surface area contributed by atoms with Gasteiger partial charge in [0.15, 0.2) is 0 Å². The minimum absolute atomic E-state index is 0. The molecule has 1 aliphatic heterocycles. The van der Waals surface area contributed by atoms with Crippen LogP contribution < -0.4 is 5.32 Å². The van der Waals surface area contributed by atoms with Crippen molar-refractivity contribution in [2.45, 2.75) is 19.5 Å². The first-order valence-electron chi connectivity index (χ1n) is 6.59. The average molecular weight is 331 g/mol. The lowest BCUT2D eigenvalue weighted by molar-refractivity contribution is 0.139. The molecule has 1 aliphatic rings. The van der Waals surface area contributed by atoms with Crippen LogP contribution in [0.3, 0.4) is 0 Å². The van der Waals surface area contributed by atoms with Crippen molar-refractivity contribution in [3.8, 4) is 0 Å². The van der Waals surface area contributed by atoms with Crippen LogP contribution >= 0.6 is 24.8 Å². The molecule has 2 aromatic heterocycles. The van der Waals surface area contributed by atoms with Gasteiger partial charge < -0.3 is 9.73 Å². The van der Waals surface area contributed by atoms with Gasteiger partial charge in [-0.25, -0.2) is 4.98 Å². The molecule has 3 heterocycles. The van der Waals surface area contributed by atoms with Gasteiger partial charge in [-0.1, -0.05) is 6.07 Å². The Bertz CT molecular complexity index is 535. The lowest BCUT2D eigenvalue weighted by Crippen LogP contribution is -2.45. The van der Waals surface area contributed by atoms with Gasteiger partial charge in [0.05, 0.1) is 12.7 Å². The highest BCUT2D eigenvalue weighted by atomic mass is 35.5. The van der Waals surface area contributed by atoms with Crippen molar-refractivity contribution >= 4 is 24.8 Å². The number of nitrogens with zero attached hydrogens (tertiary/aromatic N) is 3. The SMILES string of the molecule is Cc1cnc(CN2CCNCC2c2cccnc2)o1.Cl.Cl. The first-order chi connectivity index (χ1) is 9.33. The summed E-state index contributed by atoms with van der Waals surface area (Å²) in [4.78, 5) is 10.9. The summed E-state index contributed by atoms with van der Waals surface area (Å²) in [6, 6.07) is 4.44. The number of piperazine rings is 1. The maximum absolute atomic E-state index is 5.58. The fourth-order valence-electron chi connectivity index (χ4n) is 2.49. The van der Waals surface area contributed by atoms with E-state index in [1.165, 1.54) is 5.56 Å². The van der Waals surface area contributed by atoms with Gasteiger partial charge in [0.2, 0.25) is 5.89 Å². The highest BCUT2D eigenvalue weighted by Crippen LogP contribution is 2.23. The van der Waals surface area contributed by atoms with Crippen LogP contribution in [0.25, 0.3) is 0 Å². The number of aromatic nitrogens is 2. The van der Waals surface area contributed by atoms with E-state index in [2.05, 4.69) is 26.3 Å². The van der Waals surface area contributed by atoms with Gasteiger partial charge in [-0.15, -0.1) is 24.8 Å². The molecule has 5 nitrogen and oxygen atoms in total. The lowest BCUT2D eigenvalue weighted by atomic mass is 10.1. The molecule has 3 rings (SSSR count). The Morgan fingerprint density at radius 2 is 2.24 bits per heavy atom. The third-order valence-electron chi connectivity index (χ3n) is 3.43. The molecule has 1 atom stereocenters. The van der Waals surface area contributed by atoms with Crippen LogP contribution in [0, 0.1) is 6.92 Å². The zero-order valence-corrected chi connectivity index (χ0v) is 13.5. The minimum Gasteiger partial charge on any atom is -0.445 e. The van der Waals surface area contributed by atoms with Crippen molar-refractivity contribution in [1.29, 1.82) is 0 Å². The molecule has 1 fully saturated rings. The van der Waals surface area contributed by atoms with E-state index in [0.717, 1.165) is 37.8 Å². The molecule has 0 saturated carbocycles. The van der Waals surface area contributed by atoms with Crippen LogP contribution in [-0.4, -0.2) is 34.5 Å². The molecular weight excluding hydrogens is 311 g/mol.